The van der Waals surface area contributed by atoms with Crippen molar-refractivity contribution < 1.29 is 4.79 Å². The summed E-state index contributed by atoms with van der Waals surface area (Å²) in [6.07, 6.45) is 0. The zero-order valence-electron chi connectivity index (χ0n) is 11.3. The number of nitrogens with zero attached hydrogens (tertiary/aromatic N) is 1. The lowest BCUT2D eigenvalue weighted by molar-refractivity contribution is -0.123. The van der Waals surface area contributed by atoms with Crippen LogP contribution >= 0.6 is 11.3 Å². The van der Waals surface area contributed by atoms with Crippen molar-refractivity contribution in [3.8, 4) is 0 Å². The van der Waals surface area contributed by atoms with Gasteiger partial charge in [0.05, 0.1) is 12.6 Å². The van der Waals surface area contributed by atoms with Gasteiger partial charge in [0.15, 0.2) is 0 Å². The maximum Gasteiger partial charge on any atom is 0.234 e. The Hall–Kier alpha value is -0.910. The van der Waals surface area contributed by atoms with E-state index in [0.717, 1.165) is 6.54 Å². The molecule has 0 aliphatic rings. The third-order valence-corrected chi connectivity index (χ3v) is 3.71. The predicted octanol–water partition coefficient (Wildman–Crippen LogP) is 1.59. The lowest BCUT2D eigenvalue weighted by Crippen LogP contribution is -2.43. The predicted molar refractivity (Wildman–Crippen MR) is 76.6 cm³/mol. The second kappa shape index (κ2) is 7.51. The van der Waals surface area contributed by atoms with Crippen LogP contribution in [0.1, 0.15) is 31.7 Å². The van der Waals surface area contributed by atoms with Crippen molar-refractivity contribution in [2.24, 2.45) is 5.73 Å². The number of amides is 1. The first-order valence-electron chi connectivity index (χ1n) is 6.35. The van der Waals surface area contributed by atoms with E-state index in [4.69, 9.17) is 5.73 Å². The van der Waals surface area contributed by atoms with Crippen LogP contribution in [0, 0.1) is 0 Å². The van der Waals surface area contributed by atoms with Crippen LogP contribution in [0.2, 0.25) is 0 Å². The largest absolute Gasteiger partial charge is 0.353 e. The Balaban J connectivity index is 2.66. The molecule has 0 spiro atoms. The summed E-state index contributed by atoms with van der Waals surface area (Å²) in [6.45, 7) is 7.73. The second-order valence-electron chi connectivity index (χ2n) is 4.55. The van der Waals surface area contributed by atoms with E-state index in [1.54, 1.807) is 11.3 Å². The van der Waals surface area contributed by atoms with E-state index >= 15 is 0 Å². The highest BCUT2D eigenvalue weighted by Gasteiger charge is 2.21. The molecule has 18 heavy (non-hydrogen) atoms. The van der Waals surface area contributed by atoms with Gasteiger partial charge in [0.2, 0.25) is 5.91 Å². The number of rotatable bonds is 7. The number of carbonyl (C=O) groups excluding carboxylic acids is 1. The fourth-order valence-electron chi connectivity index (χ4n) is 1.92. The summed E-state index contributed by atoms with van der Waals surface area (Å²) >= 11 is 1.69. The summed E-state index contributed by atoms with van der Waals surface area (Å²) in [6, 6.07) is 4.40. The number of carbonyl (C=O) groups is 1. The summed E-state index contributed by atoms with van der Waals surface area (Å²) in [4.78, 5) is 15.2. The smallest absolute Gasteiger partial charge is 0.234 e. The van der Waals surface area contributed by atoms with Gasteiger partial charge >= 0.3 is 0 Å². The molecule has 0 aliphatic carbocycles. The Bertz CT molecular complexity index is 351. The SMILES string of the molecule is CCN(CC(=O)NC(C)C)C(CN)c1cccs1. The standard InChI is InChI=1S/C13H23N3OS/c1-4-16(9-13(17)15-10(2)3)11(8-14)12-6-5-7-18-12/h5-7,10-11H,4,8-9,14H2,1-3H3,(H,15,17). The van der Waals surface area contributed by atoms with Crippen molar-refractivity contribution in [1.82, 2.24) is 10.2 Å². The molecule has 1 aromatic rings. The molecule has 1 rings (SSSR count). The monoisotopic (exact) mass is 269 g/mol. The minimum Gasteiger partial charge on any atom is -0.353 e. The van der Waals surface area contributed by atoms with Crippen LogP contribution in [0.15, 0.2) is 17.5 Å². The summed E-state index contributed by atoms with van der Waals surface area (Å²) in [5, 5.41) is 4.96. The molecule has 0 fully saturated rings. The van der Waals surface area contributed by atoms with E-state index in [0.29, 0.717) is 13.1 Å². The Kier molecular flexibility index (Phi) is 6.32. The summed E-state index contributed by atoms with van der Waals surface area (Å²) in [5.74, 6) is 0.0573. The molecule has 3 N–H and O–H groups in total. The fourth-order valence-corrected chi connectivity index (χ4v) is 2.79. The van der Waals surface area contributed by atoms with Gasteiger partial charge in [-0.1, -0.05) is 13.0 Å². The van der Waals surface area contributed by atoms with Crippen molar-refractivity contribution in [3.63, 3.8) is 0 Å². The molecule has 1 unspecified atom stereocenters. The molecule has 0 bridgehead atoms. The lowest BCUT2D eigenvalue weighted by atomic mass is 10.2. The molecule has 0 saturated heterocycles. The van der Waals surface area contributed by atoms with Gasteiger partial charge in [-0.05, 0) is 31.8 Å². The van der Waals surface area contributed by atoms with Gasteiger partial charge in [-0.25, -0.2) is 0 Å². The number of hydrogen-bond donors (Lipinski definition) is 2. The molecule has 0 radical (unpaired) electrons. The van der Waals surface area contributed by atoms with Gasteiger partial charge in [-0.15, -0.1) is 11.3 Å². The minimum atomic E-state index is 0.0573. The molecule has 1 heterocycles. The average molecular weight is 269 g/mol. The van der Waals surface area contributed by atoms with Gasteiger partial charge in [0, 0.05) is 17.5 Å². The highest BCUT2D eigenvalue weighted by atomic mass is 32.1. The Morgan fingerprint density at radius 2 is 2.28 bits per heavy atom. The van der Waals surface area contributed by atoms with Crippen molar-refractivity contribution in [3.05, 3.63) is 22.4 Å². The van der Waals surface area contributed by atoms with E-state index in [1.165, 1.54) is 4.88 Å². The van der Waals surface area contributed by atoms with Crippen LogP contribution in [0.3, 0.4) is 0 Å². The van der Waals surface area contributed by atoms with Gasteiger partial charge in [-0.3, -0.25) is 9.69 Å². The van der Waals surface area contributed by atoms with Crippen LogP contribution in [0.5, 0.6) is 0 Å². The van der Waals surface area contributed by atoms with Gasteiger partial charge in [0.25, 0.3) is 0 Å². The molecule has 102 valence electrons. The molecule has 5 heteroatoms. The topological polar surface area (TPSA) is 58.4 Å². The highest BCUT2D eigenvalue weighted by Crippen LogP contribution is 2.23. The van der Waals surface area contributed by atoms with Crippen molar-refractivity contribution in [2.75, 3.05) is 19.6 Å². The number of likely N-dealkylation sites (N-methyl/N-ethyl adjacent to an activating group) is 1. The molecule has 0 saturated carbocycles. The summed E-state index contributed by atoms with van der Waals surface area (Å²) < 4.78 is 0. The van der Waals surface area contributed by atoms with Crippen LogP contribution < -0.4 is 11.1 Å². The quantitative estimate of drug-likeness (QED) is 0.790. The van der Waals surface area contributed by atoms with E-state index in [-0.39, 0.29) is 18.0 Å². The third kappa shape index (κ3) is 4.40. The zero-order valence-corrected chi connectivity index (χ0v) is 12.2. The van der Waals surface area contributed by atoms with E-state index in [2.05, 4.69) is 23.2 Å². The Morgan fingerprint density at radius 3 is 2.72 bits per heavy atom. The number of hydrogen-bond acceptors (Lipinski definition) is 4. The number of nitrogens with one attached hydrogen (secondary N) is 1. The van der Waals surface area contributed by atoms with E-state index in [1.807, 2.05) is 25.3 Å². The first-order valence-corrected chi connectivity index (χ1v) is 7.23. The number of thiophene rings is 1. The Labute approximate surface area is 113 Å². The first-order chi connectivity index (χ1) is 8.58. The second-order valence-corrected chi connectivity index (χ2v) is 5.53. The zero-order chi connectivity index (χ0) is 13.5. The molecule has 4 nitrogen and oxygen atoms in total. The molecule has 1 atom stereocenters. The Morgan fingerprint density at radius 1 is 1.56 bits per heavy atom. The van der Waals surface area contributed by atoms with Gasteiger partial charge in [0.1, 0.15) is 0 Å². The highest BCUT2D eigenvalue weighted by molar-refractivity contribution is 7.10. The van der Waals surface area contributed by atoms with Crippen LogP contribution in [0.4, 0.5) is 0 Å². The molecular formula is C13H23N3OS. The molecule has 0 aliphatic heterocycles. The van der Waals surface area contributed by atoms with E-state index < -0.39 is 0 Å². The van der Waals surface area contributed by atoms with Crippen LogP contribution in [-0.2, 0) is 4.79 Å². The minimum absolute atomic E-state index is 0.0573. The van der Waals surface area contributed by atoms with Gasteiger partial charge in [-0.2, -0.15) is 0 Å². The van der Waals surface area contributed by atoms with Crippen LogP contribution in [-0.4, -0.2) is 36.5 Å². The van der Waals surface area contributed by atoms with Gasteiger partial charge < -0.3 is 11.1 Å². The van der Waals surface area contributed by atoms with Crippen molar-refractivity contribution >= 4 is 17.2 Å². The molecule has 0 aromatic carbocycles. The maximum atomic E-state index is 11.8. The maximum absolute atomic E-state index is 11.8. The fraction of sp³-hybridized carbons (Fsp3) is 0.615. The molecule has 1 aromatic heterocycles. The lowest BCUT2D eigenvalue weighted by Gasteiger charge is -2.28. The van der Waals surface area contributed by atoms with E-state index in [9.17, 15) is 4.79 Å². The third-order valence-electron chi connectivity index (χ3n) is 2.74. The normalized spacial score (nSPS) is 13.0. The first kappa shape index (κ1) is 15.1. The van der Waals surface area contributed by atoms with Crippen molar-refractivity contribution in [2.45, 2.75) is 32.9 Å². The summed E-state index contributed by atoms with van der Waals surface area (Å²) in [7, 11) is 0. The average Bonchev–Trinajstić information content (AvgIpc) is 2.81. The number of nitrogens with two attached hydrogens (primary N) is 1. The van der Waals surface area contributed by atoms with Crippen LogP contribution in [0.25, 0.3) is 0 Å². The summed E-state index contributed by atoms with van der Waals surface area (Å²) in [5.41, 5.74) is 5.85. The van der Waals surface area contributed by atoms with Crippen molar-refractivity contribution in [1.29, 1.82) is 0 Å². The molecular weight excluding hydrogens is 246 g/mol. The molecule has 1 amide bonds.